The van der Waals surface area contributed by atoms with Gasteiger partial charge in [0.15, 0.2) is 23.1 Å². The monoisotopic (exact) mass is 536 g/mol. The van der Waals surface area contributed by atoms with E-state index in [1.54, 1.807) is 31.3 Å². The fraction of sp³-hybridized carbons (Fsp3) is 0.296. The first-order valence-corrected chi connectivity index (χ1v) is 12.3. The molecule has 0 saturated heterocycles. The number of aryl methyl sites for hydroxylation is 1. The number of nitrogens with zero attached hydrogens (tertiary/aromatic N) is 4. The molecule has 1 fully saturated rings. The maximum Gasteiger partial charge on any atom is 0.257 e. The molecule has 0 unspecified atom stereocenters. The molecule has 12 heteroatoms. The Kier molecular flexibility index (Phi) is 7.09. The molecule has 39 heavy (non-hydrogen) atoms. The molecular formula is C27H26F2N6O4. The van der Waals surface area contributed by atoms with Gasteiger partial charge in [-0.1, -0.05) is 0 Å². The number of aromatic nitrogens is 4. The largest absolute Gasteiger partial charge is 0.493 e. The topological polar surface area (TPSA) is 120 Å². The van der Waals surface area contributed by atoms with E-state index >= 15 is 0 Å². The predicted molar refractivity (Wildman–Crippen MR) is 138 cm³/mol. The number of benzene rings is 1. The molecule has 1 saturated carbocycles. The maximum atomic E-state index is 14.0. The molecule has 0 radical (unpaired) electrons. The zero-order valence-corrected chi connectivity index (χ0v) is 21.5. The second-order valence-corrected chi connectivity index (χ2v) is 9.32. The highest BCUT2D eigenvalue weighted by Crippen LogP contribution is 2.31. The first-order chi connectivity index (χ1) is 18.7. The maximum absolute atomic E-state index is 14.0. The number of rotatable bonds is 9. The molecule has 4 aromatic rings. The Balaban J connectivity index is 1.41. The van der Waals surface area contributed by atoms with Crippen molar-refractivity contribution in [2.75, 3.05) is 19.0 Å². The molecule has 1 aliphatic carbocycles. The van der Waals surface area contributed by atoms with Crippen LogP contribution in [0, 0.1) is 24.5 Å². The average molecular weight is 537 g/mol. The minimum Gasteiger partial charge on any atom is -0.493 e. The number of methoxy groups -OCH3 is 1. The standard InChI is InChI=1S/C27H26F2N6O4/c1-14-18(22-6-7-25-33-24(32-15(2)36)12-35(25)34-22)9-19(27(31-14)38-3)26(37)30-11-17-8-20(28)21(29)10-23(17)39-13-16-4-5-16/h6-10,12,16H,4-5,11,13H2,1-3H3,(H,30,37)(H,32,36). The van der Waals surface area contributed by atoms with Gasteiger partial charge in [0.25, 0.3) is 5.91 Å². The molecule has 202 valence electrons. The summed E-state index contributed by atoms with van der Waals surface area (Å²) in [4.78, 5) is 33.3. The minimum atomic E-state index is -1.03. The van der Waals surface area contributed by atoms with Gasteiger partial charge >= 0.3 is 0 Å². The molecule has 10 nitrogen and oxygen atoms in total. The molecule has 3 heterocycles. The van der Waals surface area contributed by atoms with Crippen molar-refractivity contribution in [2.45, 2.75) is 33.2 Å². The molecule has 0 spiro atoms. The Labute approximate surface area is 222 Å². The van der Waals surface area contributed by atoms with Gasteiger partial charge in [0.2, 0.25) is 11.8 Å². The highest BCUT2D eigenvalue weighted by molar-refractivity contribution is 5.97. The Hall–Kier alpha value is -4.61. The fourth-order valence-corrected chi connectivity index (χ4v) is 4.03. The van der Waals surface area contributed by atoms with Crippen molar-refractivity contribution in [1.82, 2.24) is 24.9 Å². The fourth-order valence-electron chi connectivity index (χ4n) is 4.03. The molecule has 2 N–H and O–H groups in total. The number of nitrogens with one attached hydrogen (secondary N) is 2. The van der Waals surface area contributed by atoms with Crippen LogP contribution in [0.5, 0.6) is 11.6 Å². The smallest absolute Gasteiger partial charge is 0.257 e. The van der Waals surface area contributed by atoms with E-state index in [9.17, 15) is 18.4 Å². The van der Waals surface area contributed by atoms with Crippen molar-refractivity contribution < 1.29 is 27.8 Å². The van der Waals surface area contributed by atoms with Crippen molar-refractivity contribution in [3.8, 4) is 22.9 Å². The van der Waals surface area contributed by atoms with Crippen LogP contribution in [0.25, 0.3) is 16.9 Å². The van der Waals surface area contributed by atoms with Gasteiger partial charge in [-0.2, -0.15) is 5.10 Å². The number of fused-ring (bicyclic) bond motifs is 1. The number of anilines is 1. The summed E-state index contributed by atoms with van der Waals surface area (Å²) in [6, 6.07) is 7.08. The number of amides is 2. The third-order valence-corrected chi connectivity index (χ3v) is 6.23. The Bertz CT molecular complexity index is 1580. The van der Waals surface area contributed by atoms with E-state index in [1.165, 1.54) is 18.5 Å². The number of hydrogen-bond acceptors (Lipinski definition) is 7. The molecule has 3 aromatic heterocycles. The summed E-state index contributed by atoms with van der Waals surface area (Å²) in [6.07, 6.45) is 3.65. The minimum absolute atomic E-state index is 0.0981. The molecule has 0 bridgehead atoms. The van der Waals surface area contributed by atoms with Crippen molar-refractivity contribution >= 4 is 23.3 Å². The third kappa shape index (κ3) is 5.79. The molecule has 1 aliphatic rings. The van der Waals surface area contributed by atoms with Crippen LogP contribution in [0.15, 0.2) is 36.5 Å². The van der Waals surface area contributed by atoms with Crippen molar-refractivity contribution in [2.24, 2.45) is 5.92 Å². The lowest BCUT2D eigenvalue weighted by Crippen LogP contribution is -2.24. The zero-order chi connectivity index (χ0) is 27.7. The Morgan fingerprint density at radius 1 is 1.13 bits per heavy atom. The van der Waals surface area contributed by atoms with E-state index in [4.69, 9.17) is 9.47 Å². The van der Waals surface area contributed by atoms with Crippen LogP contribution < -0.4 is 20.1 Å². The second kappa shape index (κ2) is 10.6. The van der Waals surface area contributed by atoms with E-state index in [0.29, 0.717) is 46.5 Å². The number of carbonyl (C=O) groups is 2. The van der Waals surface area contributed by atoms with Crippen LogP contribution >= 0.6 is 0 Å². The molecular weight excluding hydrogens is 510 g/mol. The van der Waals surface area contributed by atoms with Crippen molar-refractivity contribution in [3.63, 3.8) is 0 Å². The normalized spacial score (nSPS) is 12.8. The Morgan fingerprint density at radius 3 is 2.62 bits per heavy atom. The molecule has 5 rings (SSSR count). The number of halogens is 2. The van der Waals surface area contributed by atoms with E-state index in [-0.39, 0.29) is 29.6 Å². The summed E-state index contributed by atoms with van der Waals surface area (Å²) >= 11 is 0. The SMILES string of the molecule is COc1nc(C)c(-c2ccc3nc(NC(C)=O)cn3n2)cc1C(=O)NCc1cc(F)c(F)cc1OCC1CC1. The quantitative estimate of drug-likeness (QED) is 0.331. The summed E-state index contributed by atoms with van der Waals surface area (Å²) in [7, 11) is 1.40. The van der Waals surface area contributed by atoms with Crippen molar-refractivity contribution in [1.29, 1.82) is 0 Å². The van der Waals surface area contributed by atoms with Crippen LogP contribution in [0.1, 0.15) is 41.4 Å². The van der Waals surface area contributed by atoms with Gasteiger partial charge < -0.3 is 20.1 Å². The first kappa shape index (κ1) is 26.0. The van der Waals surface area contributed by atoms with Gasteiger partial charge in [0, 0.05) is 30.7 Å². The van der Waals surface area contributed by atoms with Gasteiger partial charge in [-0.3, -0.25) is 9.59 Å². The number of carbonyl (C=O) groups excluding carboxylic acids is 2. The van der Waals surface area contributed by atoms with Crippen LogP contribution in [0.4, 0.5) is 14.6 Å². The zero-order valence-electron chi connectivity index (χ0n) is 21.5. The van der Waals surface area contributed by atoms with Crippen LogP contribution in [-0.2, 0) is 11.3 Å². The summed E-state index contributed by atoms with van der Waals surface area (Å²) in [5.74, 6) is -1.78. The number of hydrogen-bond donors (Lipinski definition) is 2. The second-order valence-electron chi connectivity index (χ2n) is 9.32. The summed E-state index contributed by atoms with van der Waals surface area (Å²) in [5.41, 5.74) is 2.60. The Morgan fingerprint density at radius 2 is 1.90 bits per heavy atom. The number of pyridine rings is 1. The van der Waals surface area contributed by atoms with E-state index in [2.05, 4.69) is 25.7 Å². The summed E-state index contributed by atoms with van der Waals surface area (Å²) in [6.45, 7) is 3.45. The lowest BCUT2D eigenvalue weighted by atomic mass is 10.1. The van der Waals surface area contributed by atoms with Crippen LogP contribution in [-0.4, -0.2) is 45.1 Å². The highest BCUT2D eigenvalue weighted by atomic mass is 19.2. The van der Waals surface area contributed by atoms with Crippen LogP contribution in [0.2, 0.25) is 0 Å². The molecule has 2 amide bonds. The van der Waals surface area contributed by atoms with Gasteiger partial charge in [0.1, 0.15) is 11.3 Å². The van der Waals surface area contributed by atoms with Gasteiger partial charge in [-0.15, -0.1) is 0 Å². The van der Waals surface area contributed by atoms with Gasteiger partial charge in [0.05, 0.1) is 31.3 Å². The summed E-state index contributed by atoms with van der Waals surface area (Å²) < 4.78 is 40.4. The predicted octanol–water partition coefficient (Wildman–Crippen LogP) is 4.06. The number of ether oxygens (including phenoxy) is 2. The van der Waals surface area contributed by atoms with Crippen molar-refractivity contribution in [3.05, 3.63) is 65.0 Å². The molecule has 0 aliphatic heterocycles. The van der Waals surface area contributed by atoms with Gasteiger partial charge in [-0.25, -0.2) is 23.3 Å². The van der Waals surface area contributed by atoms with Gasteiger partial charge in [-0.05, 0) is 49.9 Å². The lowest BCUT2D eigenvalue weighted by molar-refractivity contribution is -0.114. The van der Waals surface area contributed by atoms with E-state index in [1.807, 2.05) is 0 Å². The van der Waals surface area contributed by atoms with Crippen LogP contribution in [0.3, 0.4) is 0 Å². The first-order valence-electron chi connectivity index (χ1n) is 12.3. The third-order valence-electron chi connectivity index (χ3n) is 6.23. The lowest BCUT2D eigenvalue weighted by Gasteiger charge is -2.15. The average Bonchev–Trinajstić information content (AvgIpc) is 3.65. The highest BCUT2D eigenvalue weighted by Gasteiger charge is 2.24. The molecule has 1 aromatic carbocycles. The van der Waals surface area contributed by atoms with E-state index < -0.39 is 17.5 Å². The molecule has 0 atom stereocenters. The van der Waals surface area contributed by atoms with E-state index in [0.717, 1.165) is 25.0 Å². The summed E-state index contributed by atoms with van der Waals surface area (Å²) in [5, 5.41) is 9.89. The number of imidazole rings is 1.